The van der Waals surface area contributed by atoms with Crippen LogP contribution < -0.4 is 5.32 Å². The van der Waals surface area contributed by atoms with Crippen LogP contribution in [0.15, 0.2) is 54.6 Å². The van der Waals surface area contributed by atoms with Gasteiger partial charge in [-0.05, 0) is 30.7 Å². The summed E-state index contributed by atoms with van der Waals surface area (Å²) in [6, 6.07) is 19.3. The van der Waals surface area contributed by atoms with Gasteiger partial charge in [0, 0.05) is 29.0 Å². The number of ether oxygens (including phenoxy) is 2. The fourth-order valence-corrected chi connectivity index (χ4v) is 3.72. The highest BCUT2D eigenvalue weighted by molar-refractivity contribution is 5.79. The van der Waals surface area contributed by atoms with Crippen LogP contribution in [0.3, 0.4) is 0 Å². The van der Waals surface area contributed by atoms with Gasteiger partial charge in [0.25, 0.3) is 0 Å². The summed E-state index contributed by atoms with van der Waals surface area (Å²) in [5, 5.41) is 12.9. The third kappa shape index (κ3) is 5.20. The van der Waals surface area contributed by atoms with Crippen LogP contribution in [-0.2, 0) is 14.3 Å². The van der Waals surface area contributed by atoms with Crippen molar-refractivity contribution in [3.63, 3.8) is 0 Å². The van der Waals surface area contributed by atoms with Crippen molar-refractivity contribution in [2.75, 3.05) is 11.9 Å². The summed E-state index contributed by atoms with van der Waals surface area (Å²) in [5.74, 6) is -0.700. The number of anilines is 2. The van der Waals surface area contributed by atoms with E-state index in [9.17, 15) is 10.1 Å². The van der Waals surface area contributed by atoms with E-state index in [1.54, 1.807) is 6.07 Å². The minimum absolute atomic E-state index is 0.146. The Balaban J connectivity index is 1.62. The van der Waals surface area contributed by atoms with E-state index in [1.165, 1.54) is 0 Å². The van der Waals surface area contributed by atoms with Gasteiger partial charge in [0.05, 0.1) is 12.0 Å². The van der Waals surface area contributed by atoms with Gasteiger partial charge in [-0.3, -0.25) is 4.79 Å². The number of benzene rings is 2. The zero-order valence-electron chi connectivity index (χ0n) is 17.9. The number of rotatable bonds is 10. The Morgan fingerprint density at radius 3 is 2.57 bits per heavy atom. The van der Waals surface area contributed by atoms with E-state index >= 15 is 0 Å². The molecule has 1 aliphatic carbocycles. The molecular formula is C25H30N2O3. The molecule has 30 heavy (non-hydrogen) atoms. The standard InChI is InChI=1S/C25H30N2O3/c1-4-5-9-15-29-23-22(25(23,2)3)24(28)30-21(17-26)18-11-10-14-20(16-18)27-19-12-7-6-8-13-19/h6-8,10-14,16,21-23,27H,4-5,9,15H2,1-3H3. The molecule has 2 aromatic rings. The number of unbranched alkanes of at least 4 members (excludes halogenated alkanes) is 2. The number of nitrogens with one attached hydrogen (secondary N) is 1. The van der Waals surface area contributed by atoms with Gasteiger partial charge in [-0.1, -0.05) is 63.9 Å². The number of nitriles is 1. The van der Waals surface area contributed by atoms with Crippen molar-refractivity contribution in [2.45, 2.75) is 52.2 Å². The maximum atomic E-state index is 12.8. The molecule has 0 radical (unpaired) electrons. The molecule has 3 unspecified atom stereocenters. The molecule has 158 valence electrons. The van der Waals surface area contributed by atoms with Crippen molar-refractivity contribution in [2.24, 2.45) is 11.3 Å². The van der Waals surface area contributed by atoms with Gasteiger partial charge in [-0.15, -0.1) is 0 Å². The van der Waals surface area contributed by atoms with Gasteiger partial charge >= 0.3 is 5.97 Å². The molecule has 1 aliphatic rings. The van der Waals surface area contributed by atoms with Gasteiger partial charge in [-0.25, -0.2) is 0 Å². The normalized spacial score (nSPS) is 20.1. The molecule has 0 amide bonds. The Labute approximate surface area is 179 Å². The zero-order valence-corrected chi connectivity index (χ0v) is 17.9. The molecule has 0 bridgehead atoms. The van der Waals surface area contributed by atoms with E-state index < -0.39 is 6.10 Å². The lowest BCUT2D eigenvalue weighted by molar-refractivity contribution is -0.150. The molecule has 1 fully saturated rings. The Bertz CT molecular complexity index is 889. The number of esters is 1. The van der Waals surface area contributed by atoms with Crippen LogP contribution in [0.25, 0.3) is 0 Å². The van der Waals surface area contributed by atoms with Crippen LogP contribution in [0.1, 0.15) is 51.7 Å². The van der Waals surface area contributed by atoms with Crippen LogP contribution in [-0.4, -0.2) is 18.7 Å². The largest absolute Gasteiger partial charge is 0.442 e. The van der Waals surface area contributed by atoms with Gasteiger partial charge in [-0.2, -0.15) is 5.26 Å². The lowest BCUT2D eigenvalue weighted by atomic mass is 10.1. The van der Waals surface area contributed by atoms with E-state index in [4.69, 9.17) is 9.47 Å². The predicted octanol–water partition coefficient (Wildman–Crippen LogP) is 5.77. The minimum atomic E-state index is -0.952. The smallest absolute Gasteiger partial charge is 0.313 e. The van der Waals surface area contributed by atoms with Gasteiger partial charge in [0.15, 0.2) is 0 Å². The van der Waals surface area contributed by atoms with E-state index in [0.717, 1.165) is 30.6 Å². The number of hydrogen-bond acceptors (Lipinski definition) is 5. The monoisotopic (exact) mass is 406 g/mol. The number of carbonyl (C=O) groups excluding carboxylic acids is 1. The third-order valence-corrected chi connectivity index (χ3v) is 5.63. The fraction of sp³-hybridized carbons (Fsp3) is 0.440. The van der Waals surface area contributed by atoms with Gasteiger partial charge < -0.3 is 14.8 Å². The molecule has 1 N–H and O–H groups in total. The van der Waals surface area contributed by atoms with Crippen molar-refractivity contribution in [1.29, 1.82) is 5.26 Å². The Morgan fingerprint density at radius 2 is 1.87 bits per heavy atom. The molecule has 0 aromatic heterocycles. The zero-order chi connectivity index (χ0) is 21.6. The van der Waals surface area contributed by atoms with Gasteiger partial charge in [0.1, 0.15) is 6.07 Å². The molecule has 0 aliphatic heterocycles. The van der Waals surface area contributed by atoms with E-state index in [2.05, 4.69) is 18.3 Å². The number of para-hydroxylation sites is 1. The van der Waals surface area contributed by atoms with Crippen molar-refractivity contribution in [3.8, 4) is 6.07 Å². The minimum Gasteiger partial charge on any atom is -0.442 e. The Hall–Kier alpha value is -2.84. The van der Waals surface area contributed by atoms with Crippen molar-refractivity contribution < 1.29 is 14.3 Å². The van der Waals surface area contributed by atoms with Crippen LogP contribution in [0.4, 0.5) is 11.4 Å². The maximum absolute atomic E-state index is 12.8. The van der Waals surface area contributed by atoms with Crippen molar-refractivity contribution in [1.82, 2.24) is 0 Å². The Morgan fingerprint density at radius 1 is 1.13 bits per heavy atom. The summed E-state index contributed by atoms with van der Waals surface area (Å²) in [6.45, 7) is 6.82. The van der Waals surface area contributed by atoms with Crippen molar-refractivity contribution >= 4 is 17.3 Å². The van der Waals surface area contributed by atoms with E-state index in [-0.39, 0.29) is 23.4 Å². The van der Waals surface area contributed by atoms with Gasteiger partial charge in [0.2, 0.25) is 6.10 Å². The first-order valence-corrected chi connectivity index (χ1v) is 10.6. The fourth-order valence-electron chi connectivity index (χ4n) is 3.72. The summed E-state index contributed by atoms with van der Waals surface area (Å²) in [6.07, 6.45) is 2.14. The molecule has 1 saturated carbocycles. The van der Waals surface area contributed by atoms with Crippen LogP contribution in [0.5, 0.6) is 0 Å². The summed E-state index contributed by atoms with van der Waals surface area (Å²) in [5.41, 5.74) is 2.16. The highest BCUT2D eigenvalue weighted by atomic mass is 16.6. The Kier molecular flexibility index (Phi) is 7.12. The highest BCUT2D eigenvalue weighted by Gasteiger charge is 2.64. The third-order valence-electron chi connectivity index (χ3n) is 5.63. The summed E-state index contributed by atoms with van der Waals surface area (Å²) in [4.78, 5) is 12.8. The van der Waals surface area contributed by atoms with E-state index in [1.807, 2.05) is 62.4 Å². The van der Waals surface area contributed by atoms with Crippen LogP contribution in [0.2, 0.25) is 0 Å². The first-order chi connectivity index (χ1) is 14.5. The molecule has 0 spiro atoms. The maximum Gasteiger partial charge on any atom is 0.313 e. The summed E-state index contributed by atoms with van der Waals surface area (Å²) < 4.78 is 11.5. The quantitative estimate of drug-likeness (QED) is 0.401. The summed E-state index contributed by atoms with van der Waals surface area (Å²) in [7, 11) is 0. The number of carbonyl (C=O) groups is 1. The topological polar surface area (TPSA) is 71.3 Å². The van der Waals surface area contributed by atoms with Crippen molar-refractivity contribution in [3.05, 3.63) is 60.2 Å². The molecule has 0 saturated heterocycles. The second kappa shape index (κ2) is 9.77. The SMILES string of the molecule is CCCCCOC1C(C(=O)OC(C#N)c2cccc(Nc3ccccc3)c2)C1(C)C. The molecular weight excluding hydrogens is 376 g/mol. The molecule has 3 atom stereocenters. The molecule has 5 nitrogen and oxygen atoms in total. The first kappa shape index (κ1) is 21.9. The lowest BCUT2D eigenvalue weighted by Crippen LogP contribution is -2.15. The van der Waals surface area contributed by atoms with Crippen LogP contribution >= 0.6 is 0 Å². The predicted molar refractivity (Wildman–Crippen MR) is 117 cm³/mol. The second-order valence-corrected chi connectivity index (χ2v) is 8.36. The number of nitrogens with zero attached hydrogens (tertiary/aromatic N) is 1. The molecule has 5 heteroatoms. The first-order valence-electron chi connectivity index (χ1n) is 10.6. The highest BCUT2D eigenvalue weighted by Crippen LogP contribution is 2.55. The lowest BCUT2D eigenvalue weighted by Gasteiger charge is -2.14. The van der Waals surface area contributed by atoms with E-state index in [0.29, 0.717) is 12.2 Å². The van der Waals surface area contributed by atoms with Crippen LogP contribution in [0, 0.1) is 22.7 Å². The summed E-state index contributed by atoms with van der Waals surface area (Å²) >= 11 is 0. The molecule has 3 rings (SSSR count). The molecule has 0 heterocycles. The molecule has 2 aromatic carbocycles. The second-order valence-electron chi connectivity index (χ2n) is 8.36. The average Bonchev–Trinajstić information content (AvgIpc) is 3.30. The average molecular weight is 407 g/mol. The number of hydrogen-bond donors (Lipinski definition) is 1.